The smallest absolute Gasteiger partial charge is 0.141 e. The molecule has 2 rings (SSSR count). The average molecular weight is 372 g/mol. The highest BCUT2D eigenvalue weighted by atomic mass is 79.9. The zero-order chi connectivity index (χ0) is 15.6. The Labute approximate surface area is 137 Å². The number of benzene rings is 2. The quantitative estimate of drug-likeness (QED) is 0.608. The van der Waals surface area contributed by atoms with Gasteiger partial charge in [-0.25, -0.2) is 4.39 Å². The summed E-state index contributed by atoms with van der Waals surface area (Å²) in [6, 6.07) is 8.87. The Hall–Kier alpha value is -0.940. The molecule has 112 valence electrons. The minimum Gasteiger partial charge on any atom is -0.271 e. The Bertz CT molecular complexity index is 638. The van der Waals surface area contributed by atoms with E-state index in [1.165, 1.54) is 6.07 Å². The minimum absolute atomic E-state index is 0.0583. The van der Waals surface area contributed by atoms with Crippen molar-refractivity contribution in [3.8, 4) is 0 Å². The zero-order valence-electron chi connectivity index (χ0n) is 11.9. The molecule has 2 aromatic rings. The molecule has 0 saturated carbocycles. The summed E-state index contributed by atoms with van der Waals surface area (Å²) in [6.45, 7) is 4.09. The number of halogens is 3. The summed E-state index contributed by atoms with van der Waals surface area (Å²) in [5.74, 6) is 5.28. The van der Waals surface area contributed by atoms with Crippen LogP contribution in [-0.2, 0) is 6.42 Å². The van der Waals surface area contributed by atoms with Crippen LogP contribution in [-0.4, -0.2) is 0 Å². The van der Waals surface area contributed by atoms with Crippen LogP contribution >= 0.6 is 27.5 Å². The summed E-state index contributed by atoms with van der Waals surface area (Å²) in [4.78, 5) is 0. The van der Waals surface area contributed by atoms with Crippen molar-refractivity contribution in [1.29, 1.82) is 0 Å². The molecule has 5 heteroatoms. The molecular weight excluding hydrogens is 355 g/mol. The van der Waals surface area contributed by atoms with Crippen molar-refractivity contribution < 1.29 is 4.39 Å². The molecule has 0 radical (unpaired) electrons. The third-order valence-corrected chi connectivity index (χ3v) is 5.03. The third-order valence-electron chi connectivity index (χ3n) is 3.49. The second kappa shape index (κ2) is 6.88. The number of nitrogens with one attached hydrogen (secondary N) is 1. The number of hydrogen-bond donors (Lipinski definition) is 2. The largest absolute Gasteiger partial charge is 0.271 e. The topological polar surface area (TPSA) is 38.0 Å². The molecule has 21 heavy (non-hydrogen) atoms. The Morgan fingerprint density at radius 1 is 1.24 bits per heavy atom. The maximum atomic E-state index is 13.2. The number of hydrogen-bond acceptors (Lipinski definition) is 2. The van der Waals surface area contributed by atoms with Gasteiger partial charge in [0.25, 0.3) is 0 Å². The molecule has 0 heterocycles. The maximum Gasteiger partial charge on any atom is 0.141 e. The molecule has 0 aliphatic heterocycles. The van der Waals surface area contributed by atoms with Gasteiger partial charge in [0.15, 0.2) is 0 Å². The highest BCUT2D eigenvalue weighted by Gasteiger charge is 2.14. The Morgan fingerprint density at radius 3 is 2.38 bits per heavy atom. The van der Waals surface area contributed by atoms with Gasteiger partial charge in [-0.2, -0.15) is 0 Å². The van der Waals surface area contributed by atoms with Crippen molar-refractivity contribution in [2.75, 3.05) is 0 Å². The van der Waals surface area contributed by atoms with Crippen LogP contribution < -0.4 is 11.3 Å². The monoisotopic (exact) mass is 370 g/mol. The molecular formula is C16H17BrClFN2. The van der Waals surface area contributed by atoms with Gasteiger partial charge >= 0.3 is 0 Å². The Balaban J connectivity index is 2.29. The van der Waals surface area contributed by atoms with Gasteiger partial charge in [0.05, 0.1) is 11.1 Å². The van der Waals surface area contributed by atoms with E-state index in [-0.39, 0.29) is 11.1 Å². The van der Waals surface area contributed by atoms with Gasteiger partial charge in [-0.1, -0.05) is 45.7 Å². The van der Waals surface area contributed by atoms with Gasteiger partial charge in [0.1, 0.15) is 5.82 Å². The van der Waals surface area contributed by atoms with Gasteiger partial charge in [-0.3, -0.25) is 11.3 Å². The molecule has 0 aliphatic rings. The lowest BCUT2D eigenvalue weighted by Gasteiger charge is -2.19. The van der Waals surface area contributed by atoms with Crippen molar-refractivity contribution in [2.45, 2.75) is 26.3 Å². The predicted octanol–water partition coefficient (Wildman–Crippen LogP) is 4.61. The van der Waals surface area contributed by atoms with Crippen LogP contribution in [0.2, 0.25) is 5.02 Å². The lowest BCUT2D eigenvalue weighted by molar-refractivity contribution is 0.550. The van der Waals surface area contributed by atoms with E-state index in [1.807, 2.05) is 13.8 Å². The summed E-state index contributed by atoms with van der Waals surface area (Å²) >= 11 is 9.38. The summed E-state index contributed by atoms with van der Waals surface area (Å²) in [7, 11) is 0. The Morgan fingerprint density at radius 2 is 1.86 bits per heavy atom. The molecule has 0 amide bonds. The second-order valence-corrected chi connectivity index (χ2v) is 6.34. The summed E-state index contributed by atoms with van der Waals surface area (Å²) in [5.41, 5.74) is 7.16. The lowest BCUT2D eigenvalue weighted by atomic mass is 9.96. The van der Waals surface area contributed by atoms with E-state index in [0.29, 0.717) is 6.42 Å². The molecule has 2 aromatic carbocycles. The van der Waals surface area contributed by atoms with Gasteiger partial charge < -0.3 is 0 Å². The van der Waals surface area contributed by atoms with E-state index < -0.39 is 5.82 Å². The Kier molecular flexibility index (Phi) is 5.38. The van der Waals surface area contributed by atoms with Crippen LogP contribution in [0.4, 0.5) is 4.39 Å². The molecule has 2 nitrogen and oxygen atoms in total. The highest BCUT2D eigenvalue weighted by Crippen LogP contribution is 2.27. The lowest BCUT2D eigenvalue weighted by Crippen LogP contribution is -2.29. The van der Waals surface area contributed by atoms with E-state index in [4.69, 9.17) is 17.4 Å². The minimum atomic E-state index is -0.409. The molecule has 3 N–H and O–H groups in total. The van der Waals surface area contributed by atoms with Crippen LogP contribution in [0.5, 0.6) is 0 Å². The molecule has 0 aliphatic carbocycles. The maximum absolute atomic E-state index is 13.2. The first-order valence-electron chi connectivity index (χ1n) is 6.59. The first-order chi connectivity index (χ1) is 9.92. The first-order valence-corrected chi connectivity index (χ1v) is 7.76. The summed E-state index contributed by atoms with van der Waals surface area (Å²) in [5, 5.41) is 0.131. The predicted molar refractivity (Wildman–Crippen MR) is 88.8 cm³/mol. The van der Waals surface area contributed by atoms with E-state index in [2.05, 4.69) is 33.5 Å². The molecule has 1 atom stereocenters. The van der Waals surface area contributed by atoms with E-state index in [0.717, 1.165) is 26.7 Å². The van der Waals surface area contributed by atoms with Gasteiger partial charge in [-0.15, -0.1) is 0 Å². The van der Waals surface area contributed by atoms with E-state index in [1.54, 1.807) is 12.1 Å². The fourth-order valence-corrected chi connectivity index (χ4v) is 2.79. The molecule has 0 aromatic heterocycles. The third kappa shape index (κ3) is 3.83. The van der Waals surface area contributed by atoms with Crippen LogP contribution in [0.3, 0.4) is 0 Å². The second-order valence-electron chi connectivity index (χ2n) is 5.14. The van der Waals surface area contributed by atoms with Gasteiger partial charge in [0.2, 0.25) is 0 Å². The van der Waals surface area contributed by atoms with Crippen molar-refractivity contribution in [1.82, 2.24) is 5.43 Å². The van der Waals surface area contributed by atoms with Crippen molar-refractivity contribution in [3.63, 3.8) is 0 Å². The highest BCUT2D eigenvalue weighted by molar-refractivity contribution is 9.10. The van der Waals surface area contributed by atoms with Gasteiger partial charge in [-0.05, 0) is 54.7 Å². The number of aryl methyl sites for hydroxylation is 2. The van der Waals surface area contributed by atoms with Crippen LogP contribution in [0.15, 0.2) is 34.8 Å². The first kappa shape index (κ1) is 16.4. The van der Waals surface area contributed by atoms with Crippen LogP contribution in [0.1, 0.15) is 28.3 Å². The van der Waals surface area contributed by atoms with Crippen molar-refractivity contribution in [3.05, 3.63) is 67.9 Å². The molecule has 0 bridgehead atoms. The van der Waals surface area contributed by atoms with Crippen LogP contribution in [0.25, 0.3) is 0 Å². The summed E-state index contributed by atoms with van der Waals surface area (Å²) in [6.07, 6.45) is 0.636. The fourth-order valence-electron chi connectivity index (χ4n) is 2.36. The average Bonchev–Trinajstić information content (AvgIpc) is 2.45. The number of nitrogens with two attached hydrogens (primary N) is 1. The normalized spacial score (nSPS) is 12.5. The van der Waals surface area contributed by atoms with Crippen LogP contribution in [0, 0.1) is 19.7 Å². The number of rotatable bonds is 4. The van der Waals surface area contributed by atoms with Crippen molar-refractivity contribution in [2.24, 2.45) is 5.84 Å². The number of hydrazine groups is 1. The molecule has 0 spiro atoms. The molecule has 0 fully saturated rings. The molecule has 0 saturated heterocycles. The fraction of sp³-hybridized carbons (Fsp3) is 0.250. The SMILES string of the molecule is Cc1cc(C(Cc2ccc(F)c(Cl)c2)NN)cc(C)c1Br. The van der Waals surface area contributed by atoms with E-state index in [9.17, 15) is 4.39 Å². The zero-order valence-corrected chi connectivity index (χ0v) is 14.2. The van der Waals surface area contributed by atoms with Gasteiger partial charge in [0, 0.05) is 4.47 Å². The van der Waals surface area contributed by atoms with E-state index >= 15 is 0 Å². The van der Waals surface area contributed by atoms with Crippen molar-refractivity contribution >= 4 is 27.5 Å². The standard InChI is InChI=1S/C16H17BrClFN2/c1-9-5-12(6-10(2)16(9)17)15(21-20)8-11-3-4-14(19)13(18)7-11/h3-7,15,21H,8,20H2,1-2H3. The summed E-state index contributed by atoms with van der Waals surface area (Å²) < 4.78 is 14.3. The molecule has 1 unspecified atom stereocenters.